The van der Waals surface area contributed by atoms with Crippen molar-refractivity contribution in [3.05, 3.63) is 16.1 Å². The Labute approximate surface area is 72.3 Å². The molecule has 0 aliphatic heterocycles. The summed E-state index contributed by atoms with van der Waals surface area (Å²) in [6.45, 7) is 8.59. The van der Waals surface area contributed by atoms with Crippen molar-refractivity contribution < 1.29 is 0 Å². The minimum atomic E-state index is 0. The van der Waals surface area contributed by atoms with Gasteiger partial charge >= 0.3 is 0 Å². The van der Waals surface area contributed by atoms with Gasteiger partial charge in [0.2, 0.25) is 0 Å². The summed E-state index contributed by atoms with van der Waals surface area (Å²) in [4.78, 5) is 4.40. The van der Waals surface area contributed by atoms with Crippen molar-refractivity contribution in [2.24, 2.45) is 0 Å². The third kappa shape index (κ3) is 2.60. The zero-order chi connectivity index (χ0) is 7.78. The van der Waals surface area contributed by atoms with Crippen LogP contribution in [0, 0.1) is 6.92 Å². The smallest absolute Gasteiger partial charge is 0.0981 e. The lowest BCUT2D eigenvalue weighted by molar-refractivity contribution is 0.584. The molecule has 1 rings (SSSR count). The first-order valence-corrected chi connectivity index (χ1v) is 4.31. The van der Waals surface area contributed by atoms with Gasteiger partial charge in [-0.15, -0.1) is 11.3 Å². The summed E-state index contributed by atoms with van der Waals surface area (Å²) < 4.78 is 0. The van der Waals surface area contributed by atoms with Gasteiger partial charge in [-0.2, -0.15) is 0 Å². The second-order valence-corrected chi connectivity index (χ2v) is 4.40. The van der Waals surface area contributed by atoms with Gasteiger partial charge in [0.25, 0.3) is 0 Å². The molecule has 2 nitrogen and oxygen atoms in total. The van der Waals surface area contributed by atoms with Crippen LogP contribution >= 0.6 is 11.3 Å². The van der Waals surface area contributed by atoms with Crippen molar-refractivity contribution in [1.29, 1.82) is 0 Å². The fourth-order valence-electron chi connectivity index (χ4n) is 0.698. The topological polar surface area (TPSA) is 47.9 Å². The molecule has 0 unspecified atom stereocenters. The first-order valence-electron chi connectivity index (χ1n) is 3.43. The first kappa shape index (κ1) is 10.6. The molecule has 1 aromatic rings. The number of nitrogens with zero attached hydrogens (tertiary/aromatic N) is 1. The van der Waals surface area contributed by atoms with E-state index in [0.717, 1.165) is 5.69 Å². The van der Waals surface area contributed by atoms with Crippen LogP contribution in [0.2, 0.25) is 0 Å². The molecule has 3 N–H and O–H groups in total. The highest BCUT2D eigenvalue weighted by Gasteiger charge is 2.16. The van der Waals surface area contributed by atoms with E-state index in [1.807, 2.05) is 6.92 Å². The predicted octanol–water partition coefficient (Wildman–Crippen LogP) is 2.91. The summed E-state index contributed by atoms with van der Waals surface area (Å²) in [7, 11) is 0. The lowest BCUT2D eigenvalue weighted by atomic mass is 9.98. The molecular weight excluding hydrogens is 156 g/mol. The fourth-order valence-corrected chi connectivity index (χ4v) is 1.58. The summed E-state index contributed by atoms with van der Waals surface area (Å²) >= 11 is 1.75. The van der Waals surface area contributed by atoms with Gasteiger partial charge in [-0.25, -0.2) is 4.98 Å². The number of hydrogen-bond acceptors (Lipinski definition) is 3. The Morgan fingerprint density at radius 3 is 2.09 bits per heavy atom. The summed E-state index contributed by atoms with van der Waals surface area (Å²) in [6.07, 6.45) is 0. The molecular formula is C8H16N2S. The maximum atomic E-state index is 4.40. The van der Waals surface area contributed by atoms with Gasteiger partial charge in [0.05, 0.1) is 5.01 Å². The SMILES string of the molecule is Cc1csc(C(C)(C)C)n1.N. The monoisotopic (exact) mass is 172 g/mol. The molecule has 0 aliphatic carbocycles. The average Bonchev–Trinajstić information content (AvgIpc) is 2.11. The van der Waals surface area contributed by atoms with Crippen LogP contribution in [-0.4, -0.2) is 4.98 Å². The second-order valence-electron chi connectivity index (χ2n) is 3.54. The van der Waals surface area contributed by atoms with Crippen LogP contribution in [0.4, 0.5) is 0 Å². The molecule has 0 aromatic carbocycles. The normalized spacial score (nSPS) is 10.9. The molecule has 0 fully saturated rings. The van der Waals surface area contributed by atoms with Crippen LogP contribution in [0.3, 0.4) is 0 Å². The molecule has 3 heteroatoms. The van der Waals surface area contributed by atoms with Crippen LogP contribution < -0.4 is 6.15 Å². The Morgan fingerprint density at radius 1 is 1.36 bits per heavy atom. The third-order valence-electron chi connectivity index (χ3n) is 1.26. The maximum Gasteiger partial charge on any atom is 0.0981 e. The minimum Gasteiger partial charge on any atom is -0.344 e. The molecule has 0 radical (unpaired) electrons. The van der Waals surface area contributed by atoms with E-state index in [4.69, 9.17) is 0 Å². The molecule has 0 saturated heterocycles. The number of thiazole rings is 1. The van der Waals surface area contributed by atoms with Gasteiger partial charge in [0.1, 0.15) is 0 Å². The zero-order valence-electron chi connectivity index (χ0n) is 7.64. The Balaban J connectivity index is 0.000001000. The van der Waals surface area contributed by atoms with E-state index in [9.17, 15) is 0 Å². The largest absolute Gasteiger partial charge is 0.344 e. The van der Waals surface area contributed by atoms with E-state index in [-0.39, 0.29) is 11.6 Å². The molecule has 0 spiro atoms. The quantitative estimate of drug-likeness (QED) is 0.654. The van der Waals surface area contributed by atoms with Crippen molar-refractivity contribution in [3.63, 3.8) is 0 Å². The van der Waals surface area contributed by atoms with Crippen molar-refractivity contribution in [2.75, 3.05) is 0 Å². The lowest BCUT2D eigenvalue weighted by Crippen LogP contribution is -2.10. The summed E-state index contributed by atoms with van der Waals surface area (Å²) in [6, 6.07) is 0. The lowest BCUT2D eigenvalue weighted by Gasteiger charge is -2.13. The molecule has 0 amide bonds. The summed E-state index contributed by atoms with van der Waals surface area (Å²) in [5.41, 5.74) is 1.36. The van der Waals surface area contributed by atoms with Crippen molar-refractivity contribution in [3.8, 4) is 0 Å². The van der Waals surface area contributed by atoms with Gasteiger partial charge in [-0.05, 0) is 6.92 Å². The van der Waals surface area contributed by atoms with E-state index in [1.54, 1.807) is 11.3 Å². The molecule has 1 heterocycles. The van der Waals surface area contributed by atoms with E-state index >= 15 is 0 Å². The Kier molecular flexibility index (Phi) is 3.20. The number of aromatic nitrogens is 1. The van der Waals surface area contributed by atoms with Crippen molar-refractivity contribution in [1.82, 2.24) is 11.1 Å². The van der Waals surface area contributed by atoms with Gasteiger partial charge < -0.3 is 6.15 Å². The fraction of sp³-hybridized carbons (Fsp3) is 0.625. The van der Waals surface area contributed by atoms with E-state index in [0.29, 0.717) is 0 Å². The van der Waals surface area contributed by atoms with Gasteiger partial charge in [-0.3, -0.25) is 0 Å². The number of aryl methyl sites for hydroxylation is 1. The second kappa shape index (κ2) is 3.32. The zero-order valence-corrected chi connectivity index (χ0v) is 8.46. The minimum absolute atomic E-state index is 0. The highest BCUT2D eigenvalue weighted by atomic mass is 32.1. The van der Waals surface area contributed by atoms with Gasteiger partial charge in [0, 0.05) is 16.5 Å². The van der Waals surface area contributed by atoms with Gasteiger partial charge in [0.15, 0.2) is 0 Å². The van der Waals surface area contributed by atoms with Crippen LogP contribution in [0.1, 0.15) is 31.5 Å². The van der Waals surface area contributed by atoms with E-state index in [2.05, 4.69) is 31.1 Å². The molecule has 64 valence electrons. The summed E-state index contributed by atoms with van der Waals surface area (Å²) in [5.74, 6) is 0. The predicted molar refractivity (Wildman–Crippen MR) is 50.6 cm³/mol. The Morgan fingerprint density at radius 2 is 1.91 bits per heavy atom. The molecule has 0 aliphatic rings. The van der Waals surface area contributed by atoms with Crippen LogP contribution in [0.5, 0.6) is 0 Å². The molecule has 0 atom stereocenters. The number of hydrogen-bond donors (Lipinski definition) is 1. The van der Waals surface area contributed by atoms with Crippen LogP contribution in [0.25, 0.3) is 0 Å². The van der Waals surface area contributed by atoms with Crippen LogP contribution in [-0.2, 0) is 5.41 Å². The maximum absolute atomic E-state index is 4.40. The third-order valence-corrected chi connectivity index (χ3v) is 2.65. The molecule has 0 bridgehead atoms. The van der Waals surface area contributed by atoms with E-state index in [1.165, 1.54) is 5.01 Å². The Hall–Kier alpha value is -0.410. The highest BCUT2D eigenvalue weighted by molar-refractivity contribution is 7.09. The van der Waals surface area contributed by atoms with Gasteiger partial charge in [-0.1, -0.05) is 20.8 Å². The molecule has 1 aromatic heterocycles. The average molecular weight is 172 g/mol. The molecule has 11 heavy (non-hydrogen) atoms. The Bertz CT molecular complexity index is 222. The highest BCUT2D eigenvalue weighted by Crippen LogP contribution is 2.24. The molecule has 0 saturated carbocycles. The van der Waals surface area contributed by atoms with Crippen molar-refractivity contribution in [2.45, 2.75) is 33.1 Å². The van der Waals surface area contributed by atoms with Crippen LogP contribution in [0.15, 0.2) is 5.38 Å². The summed E-state index contributed by atoms with van der Waals surface area (Å²) in [5, 5.41) is 3.32. The standard InChI is InChI=1S/C8H13NS.H3N/c1-6-5-10-7(9-6)8(2,3)4;/h5H,1-4H3;1H3. The van der Waals surface area contributed by atoms with Crippen molar-refractivity contribution >= 4 is 11.3 Å². The first-order chi connectivity index (χ1) is 4.50. The van der Waals surface area contributed by atoms with E-state index < -0.39 is 0 Å². The number of rotatable bonds is 0.